The fourth-order valence-electron chi connectivity index (χ4n) is 1.25. The van der Waals surface area contributed by atoms with Gasteiger partial charge >= 0.3 is 0 Å². The summed E-state index contributed by atoms with van der Waals surface area (Å²) in [6.07, 6.45) is 0.759. The third kappa shape index (κ3) is 4.39. The zero-order chi connectivity index (χ0) is 12.6. The minimum Gasteiger partial charge on any atom is -0.457 e. The SMILES string of the molecule is O=CC1CO1.c1ccc(Oc2ccccc2)cc1. The van der Waals surface area contributed by atoms with E-state index in [1.807, 2.05) is 60.7 Å². The molecular weight excluding hydrogens is 228 g/mol. The van der Waals surface area contributed by atoms with Crippen LogP contribution < -0.4 is 4.74 Å². The van der Waals surface area contributed by atoms with E-state index in [1.165, 1.54) is 0 Å². The van der Waals surface area contributed by atoms with Crippen molar-refractivity contribution in [2.24, 2.45) is 0 Å². The van der Waals surface area contributed by atoms with Crippen LogP contribution in [0.4, 0.5) is 0 Å². The van der Waals surface area contributed by atoms with Gasteiger partial charge in [0.05, 0.1) is 6.61 Å². The Morgan fingerprint density at radius 1 is 0.944 bits per heavy atom. The summed E-state index contributed by atoms with van der Waals surface area (Å²) in [6.45, 7) is 0.642. The molecule has 3 rings (SSSR count). The van der Waals surface area contributed by atoms with Crippen LogP contribution in [0, 0.1) is 0 Å². The minimum atomic E-state index is -0.0463. The van der Waals surface area contributed by atoms with Gasteiger partial charge in [0.15, 0.2) is 6.29 Å². The zero-order valence-corrected chi connectivity index (χ0v) is 9.86. The Morgan fingerprint density at radius 3 is 1.67 bits per heavy atom. The average molecular weight is 242 g/mol. The van der Waals surface area contributed by atoms with Gasteiger partial charge in [-0.1, -0.05) is 36.4 Å². The van der Waals surface area contributed by atoms with Crippen LogP contribution in [-0.4, -0.2) is 19.0 Å². The Kier molecular flexibility index (Phi) is 4.50. The van der Waals surface area contributed by atoms with Crippen molar-refractivity contribution in [2.75, 3.05) is 6.61 Å². The van der Waals surface area contributed by atoms with Crippen LogP contribution in [0.1, 0.15) is 0 Å². The highest BCUT2D eigenvalue weighted by atomic mass is 16.6. The van der Waals surface area contributed by atoms with Gasteiger partial charge in [-0.3, -0.25) is 0 Å². The monoisotopic (exact) mass is 242 g/mol. The van der Waals surface area contributed by atoms with Gasteiger partial charge in [-0.25, -0.2) is 0 Å². The second-order valence-corrected chi connectivity index (χ2v) is 3.74. The number of para-hydroxylation sites is 2. The van der Waals surface area contributed by atoms with Gasteiger partial charge < -0.3 is 14.3 Å². The summed E-state index contributed by atoms with van der Waals surface area (Å²) in [5.41, 5.74) is 0. The van der Waals surface area contributed by atoms with E-state index in [0.717, 1.165) is 17.8 Å². The number of ether oxygens (including phenoxy) is 2. The molecule has 18 heavy (non-hydrogen) atoms. The van der Waals surface area contributed by atoms with Gasteiger partial charge in [-0.05, 0) is 24.3 Å². The molecular formula is C15H14O3. The molecule has 1 saturated heterocycles. The largest absolute Gasteiger partial charge is 0.457 e. The summed E-state index contributed by atoms with van der Waals surface area (Å²) in [7, 11) is 0. The molecule has 0 saturated carbocycles. The first kappa shape index (κ1) is 12.3. The summed E-state index contributed by atoms with van der Waals surface area (Å²) < 4.78 is 10.1. The molecule has 1 aliphatic rings. The summed E-state index contributed by atoms with van der Waals surface area (Å²) in [6, 6.07) is 19.5. The van der Waals surface area contributed by atoms with Gasteiger partial charge in [-0.15, -0.1) is 0 Å². The number of carbonyl (C=O) groups excluding carboxylic acids is 1. The van der Waals surface area contributed by atoms with Crippen LogP contribution in [-0.2, 0) is 9.53 Å². The van der Waals surface area contributed by atoms with E-state index in [2.05, 4.69) is 4.74 Å². The van der Waals surface area contributed by atoms with Crippen LogP contribution in [0.25, 0.3) is 0 Å². The van der Waals surface area contributed by atoms with Crippen LogP contribution >= 0.6 is 0 Å². The normalized spacial score (nSPS) is 16.1. The molecule has 0 bridgehead atoms. The maximum Gasteiger partial charge on any atom is 0.151 e. The Bertz CT molecular complexity index is 426. The van der Waals surface area contributed by atoms with Crippen molar-refractivity contribution < 1.29 is 14.3 Å². The Labute approximate surface area is 106 Å². The lowest BCUT2D eigenvalue weighted by atomic mass is 10.3. The summed E-state index contributed by atoms with van der Waals surface area (Å²) in [5, 5.41) is 0. The topological polar surface area (TPSA) is 38.8 Å². The summed E-state index contributed by atoms with van der Waals surface area (Å²) in [5.74, 6) is 1.74. The molecule has 0 aromatic heterocycles. The minimum absolute atomic E-state index is 0.0463. The molecule has 1 heterocycles. The second-order valence-electron chi connectivity index (χ2n) is 3.74. The molecule has 1 aliphatic heterocycles. The molecule has 2 aromatic rings. The van der Waals surface area contributed by atoms with Crippen molar-refractivity contribution in [3.8, 4) is 11.5 Å². The zero-order valence-electron chi connectivity index (χ0n) is 9.86. The first-order valence-electron chi connectivity index (χ1n) is 5.73. The molecule has 3 nitrogen and oxygen atoms in total. The highest BCUT2D eigenvalue weighted by Gasteiger charge is 2.19. The number of epoxide rings is 1. The molecule has 1 fully saturated rings. The Hall–Kier alpha value is -2.13. The van der Waals surface area contributed by atoms with Crippen molar-refractivity contribution in [3.05, 3.63) is 60.7 Å². The molecule has 0 radical (unpaired) electrons. The van der Waals surface area contributed by atoms with Gasteiger partial charge in [0.25, 0.3) is 0 Å². The molecule has 1 unspecified atom stereocenters. The quantitative estimate of drug-likeness (QED) is 0.613. The van der Waals surface area contributed by atoms with E-state index >= 15 is 0 Å². The number of carbonyl (C=O) groups is 1. The van der Waals surface area contributed by atoms with Gasteiger partial charge in [0.1, 0.15) is 17.6 Å². The van der Waals surface area contributed by atoms with E-state index in [0.29, 0.717) is 6.61 Å². The van der Waals surface area contributed by atoms with Crippen molar-refractivity contribution >= 4 is 6.29 Å². The second kappa shape index (κ2) is 6.57. The molecule has 0 aliphatic carbocycles. The van der Waals surface area contributed by atoms with E-state index in [4.69, 9.17) is 4.74 Å². The molecule has 1 atom stereocenters. The molecule has 0 spiro atoms. The van der Waals surface area contributed by atoms with Gasteiger partial charge in [-0.2, -0.15) is 0 Å². The maximum atomic E-state index is 9.44. The molecule has 0 amide bonds. The smallest absolute Gasteiger partial charge is 0.151 e. The van der Waals surface area contributed by atoms with Crippen LogP contribution in [0.2, 0.25) is 0 Å². The molecule has 3 heteroatoms. The third-order valence-corrected chi connectivity index (χ3v) is 2.23. The number of hydrogen-bond acceptors (Lipinski definition) is 3. The number of benzene rings is 2. The fraction of sp³-hybridized carbons (Fsp3) is 0.133. The molecule has 0 N–H and O–H groups in total. The van der Waals surface area contributed by atoms with Crippen molar-refractivity contribution in [2.45, 2.75) is 6.10 Å². The lowest BCUT2D eigenvalue weighted by molar-refractivity contribution is -0.108. The number of hydrogen-bond donors (Lipinski definition) is 0. The number of aldehydes is 1. The predicted molar refractivity (Wildman–Crippen MR) is 68.8 cm³/mol. The first-order chi connectivity index (χ1) is 8.88. The van der Waals surface area contributed by atoms with Gasteiger partial charge in [0.2, 0.25) is 0 Å². The first-order valence-corrected chi connectivity index (χ1v) is 5.73. The van der Waals surface area contributed by atoms with E-state index < -0.39 is 0 Å². The fourth-order valence-corrected chi connectivity index (χ4v) is 1.25. The maximum absolute atomic E-state index is 9.44. The predicted octanol–water partition coefficient (Wildman–Crippen LogP) is 3.06. The van der Waals surface area contributed by atoms with Gasteiger partial charge in [0, 0.05) is 0 Å². The molecule has 92 valence electrons. The van der Waals surface area contributed by atoms with Crippen molar-refractivity contribution in [3.63, 3.8) is 0 Å². The Morgan fingerprint density at radius 2 is 1.39 bits per heavy atom. The average Bonchev–Trinajstić information content (AvgIpc) is 3.26. The highest BCUT2D eigenvalue weighted by Crippen LogP contribution is 2.19. The summed E-state index contributed by atoms with van der Waals surface area (Å²) >= 11 is 0. The highest BCUT2D eigenvalue weighted by molar-refractivity contribution is 5.58. The Balaban J connectivity index is 0.000000202. The molecule has 2 aromatic carbocycles. The van der Waals surface area contributed by atoms with E-state index in [9.17, 15) is 4.79 Å². The third-order valence-electron chi connectivity index (χ3n) is 2.23. The lowest BCUT2D eigenvalue weighted by Gasteiger charge is -2.03. The number of rotatable bonds is 3. The van der Waals surface area contributed by atoms with Crippen LogP contribution in [0.15, 0.2) is 60.7 Å². The summed E-state index contributed by atoms with van der Waals surface area (Å²) in [4.78, 5) is 9.44. The van der Waals surface area contributed by atoms with Crippen LogP contribution in [0.3, 0.4) is 0 Å². The van der Waals surface area contributed by atoms with Crippen molar-refractivity contribution in [1.29, 1.82) is 0 Å². The van der Waals surface area contributed by atoms with Crippen molar-refractivity contribution in [1.82, 2.24) is 0 Å². The van der Waals surface area contributed by atoms with E-state index in [1.54, 1.807) is 0 Å². The van der Waals surface area contributed by atoms with E-state index in [-0.39, 0.29) is 6.10 Å². The van der Waals surface area contributed by atoms with Crippen LogP contribution in [0.5, 0.6) is 11.5 Å². The standard InChI is InChI=1S/C12H10O.C3H4O2/c1-3-7-11(8-4-1)13-12-9-5-2-6-10-12;4-1-3-2-5-3/h1-10H;1,3H,2H2. The lowest BCUT2D eigenvalue weighted by Crippen LogP contribution is -1.81.